The molecule has 0 spiro atoms. The van der Waals surface area contributed by atoms with E-state index in [0.29, 0.717) is 24.2 Å². The maximum absolute atomic E-state index is 6.20. The van der Waals surface area contributed by atoms with Crippen molar-refractivity contribution >= 4 is 11.8 Å². The molecule has 5 nitrogen and oxygen atoms in total. The van der Waals surface area contributed by atoms with Crippen LogP contribution in [-0.2, 0) is 0 Å². The minimum absolute atomic E-state index is 0.108. The Morgan fingerprint density at radius 1 is 1.30 bits per heavy atom. The Balaban J connectivity index is 1.66. The van der Waals surface area contributed by atoms with Gasteiger partial charge in [0, 0.05) is 11.8 Å². The molecule has 0 saturated heterocycles. The normalized spacial score (nSPS) is 15.1. The first-order valence-electron chi connectivity index (χ1n) is 6.42. The van der Waals surface area contributed by atoms with Crippen LogP contribution in [0.2, 0.25) is 0 Å². The molecule has 6 heteroatoms. The molecule has 0 fully saturated rings. The summed E-state index contributed by atoms with van der Waals surface area (Å²) in [5.74, 6) is 2.24. The Bertz CT molecular complexity index is 600. The highest BCUT2D eigenvalue weighted by molar-refractivity contribution is 7.99. The number of nitrogens with two attached hydrogens (primary N) is 1. The number of ether oxygens (including phenoxy) is 2. The average molecular weight is 292 g/mol. The summed E-state index contributed by atoms with van der Waals surface area (Å²) in [4.78, 5) is 4.24. The number of hydrogen-bond donors (Lipinski definition) is 1. The molecule has 0 saturated carbocycles. The SMILES string of the molecule is Cc1coc(SCC(N)c2ccc3c(c2)OCCO3)n1. The molecular formula is C14H16N2O3S. The summed E-state index contributed by atoms with van der Waals surface area (Å²) in [5, 5.41) is 0.649. The van der Waals surface area contributed by atoms with Gasteiger partial charge in [0.05, 0.1) is 5.69 Å². The van der Waals surface area contributed by atoms with Crippen molar-refractivity contribution in [3.05, 3.63) is 35.7 Å². The quantitative estimate of drug-likeness (QED) is 0.873. The molecule has 1 aromatic heterocycles. The van der Waals surface area contributed by atoms with Gasteiger partial charge < -0.3 is 19.6 Å². The lowest BCUT2D eigenvalue weighted by Crippen LogP contribution is -2.17. The van der Waals surface area contributed by atoms with E-state index in [0.717, 1.165) is 22.8 Å². The Hall–Kier alpha value is -1.66. The van der Waals surface area contributed by atoms with Gasteiger partial charge in [-0.15, -0.1) is 0 Å². The topological polar surface area (TPSA) is 70.5 Å². The number of thioether (sulfide) groups is 1. The van der Waals surface area contributed by atoms with Crippen molar-refractivity contribution in [1.29, 1.82) is 0 Å². The summed E-state index contributed by atoms with van der Waals surface area (Å²) < 4.78 is 16.3. The molecular weight excluding hydrogens is 276 g/mol. The van der Waals surface area contributed by atoms with Crippen molar-refractivity contribution in [3.8, 4) is 11.5 Å². The van der Waals surface area contributed by atoms with Crippen molar-refractivity contribution < 1.29 is 13.9 Å². The number of benzene rings is 1. The molecule has 3 rings (SSSR count). The maximum atomic E-state index is 6.20. The molecule has 0 bridgehead atoms. The van der Waals surface area contributed by atoms with Crippen LogP contribution >= 0.6 is 11.8 Å². The van der Waals surface area contributed by atoms with Gasteiger partial charge in [-0.05, 0) is 24.6 Å². The average Bonchev–Trinajstić information content (AvgIpc) is 2.90. The minimum Gasteiger partial charge on any atom is -0.486 e. The van der Waals surface area contributed by atoms with Crippen molar-refractivity contribution in [3.63, 3.8) is 0 Å². The van der Waals surface area contributed by atoms with Crippen LogP contribution in [0.15, 0.2) is 34.1 Å². The van der Waals surface area contributed by atoms with E-state index in [4.69, 9.17) is 19.6 Å². The van der Waals surface area contributed by atoms with Gasteiger partial charge in [-0.25, -0.2) is 4.98 Å². The van der Waals surface area contributed by atoms with E-state index >= 15 is 0 Å². The molecule has 2 N–H and O–H groups in total. The molecule has 2 heterocycles. The molecule has 1 aromatic carbocycles. The van der Waals surface area contributed by atoms with Crippen LogP contribution in [0, 0.1) is 6.92 Å². The summed E-state index contributed by atoms with van der Waals surface area (Å²) in [7, 11) is 0. The van der Waals surface area contributed by atoms with E-state index in [1.165, 1.54) is 11.8 Å². The van der Waals surface area contributed by atoms with E-state index in [1.54, 1.807) is 6.26 Å². The van der Waals surface area contributed by atoms with Gasteiger partial charge in [0.1, 0.15) is 19.5 Å². The first-order valence-corrected chi connectivity index (χ1v) is 7.41. The molecule has 0 aliphatic carbocycles. The fourth-order valence-corrected chi connectivity index (χ4v) is 2.79. The van der Waals surface area contributed by atoms with Gasteiger partial charge in [-0.3, -0.25) is 0 Å². The van der Waals surface area contributed by atoms with Crippen molar-refractivity contribution in [2.45, 2.75) is 18.2 Å². The van der Waals surface area contributed by atoms with Crippen LogP contribution in [-0.4, -0.2) is 24.0 Å². The number of nitrogens with zero attached hydrogens (tertiary/aromatic N) is 1. The van der Waals surface area contributed by atoms with Gasteiger partial charge >= 0.3 is 0 Å². The zero-order valence-corrected chi connectivity index (χ0v) is 12.0. The Morgan fingerprint density at radius 3 is 2.85 bits per heavy atom. The number of aromatic nitrogens is 1. The minimum atomic E-state index is -0.108. The summed E-state index contributed by atoms with van der Waals surface area (Å²) in [6.07, 6.45) is 1.64. The second-order valence-corrected chi connectivity index (χ2v) is 5.55. The summed E-state index contributed by atoms with van der Waals surface area (Å²) in [6, 6.07) is 5.71. The van der Waals surface area contributed by atoms with Crippen LogP contribution in [0.25, 0.3) is 0 Å². The second-order valence-electron chi connectivity index (χ2n) is 4.58. The molecule has 2 aromatic rings. The van der Waals surface area contributed by atoms with Crippen LogP contribution in [0.5, 0.6) is 11.5 Å². The number of fused-ring (bicyclic) bond motifs is 1. The Kier molecular flexibility index (Phi) is 3.84. The highest BCUT2D eigenvalue weighted by Crippen LogP contribution is 2.33. The predicted molar refractivity (Wildman–Crippen MR) is 76.3 cm³/mol. The fraction of sp³-hybridized carbons (Fsp3) is 0.357. The molecule has 20 heavy (non-hydrogen) atoms. The third-order valence-corrected chi connectivity index (χ3v) is 3.94. The highest BCUT2D eigenvalue weighted by atomic mass is 32.2. The largest absolute Gasteiger partial charge is 0.486 e. The van der Waals surface area contributed by atoms with Gasteiger partial charge in [0.2, 0.25) is 0 Å². The summed E-state index contributed by atoms with van der Waals surface area (Å²) in [6.45, 7) is 3.07. The lowest BCUT2D eigenvalue weighted by atomic mass is 10.1. The van der Waals surface area contributed by atoms with E-state index in [1.807, 2.05) is 25.1 Å². The Labute approximate surface area is 121 Å². The fourth-order valence-electron chi connectivity index (χ4n) is 1.95. The van der Waals surface area contributed by atoms with Gasteiger partial charge in [0.15, 0.2) is 11.5 Å². The maximum Gasteiger partial charge on any atom is 0.255 e. The highest BCUT2D eigenvalue weighted by Gasteiger charge is 2.15. The van der Waals surface area contributed by atoms with E-state index < -0.39 is 0 Å². The molecule has 1 aliphatic heterocycles. The number of rotatable bonds is 4. The number of hydrogen-bond acceptors (Lipinski definition) is 6. The van der Waals surface area contributed by atoms with Crippen LogP contribution in [0.4, 0.5) is 0 Å². The number of oxazole rings is 1. The standard InChI is InChI=1S/C14H16N2O3S/c1-9-7-19-14(16-9)20-8-11(15)10-2-3-12-13(6-10)18-5-4-17-12/h2-3,6-7,11H,4-5,8,15H2,1H3. The van der Waals surface area contributed by atoms with Crippen molar-refractivity contribution in [2.75, 3.05) is 19.0 Å². The first-order chi connectivity index (χ1) is 9.72. The van der Waals surface area contributed by atoms with Crippen LogP contribution in [0.1, 0.15) is 17.3 Å². The second kappa shape index (κ2) is 5.76. The lowest BCUT2D eigenvalue weighted by molar-refractivity contribution is 0.171. The Morgan fingerprint density at radius 2 is 2.10 bits per heavy atom. The van der Waals surface area contributed by atoms with Crippen molar-refractivity contribution in [1.82, 2.24) is 4.98 Å². The van der Waals surface area contributed by atoms with E-state index in [-0.39, 0.29) is 6.04 Å². The monoisotopic (exact) mass is 292 g/mol. The summed E-state index contributed by atoms with van der Waals surface area (Å²) in [5.41, 5.74) is 8.09. The zero-order valence-electron chi connectivity index (χ0n) is 11.2. The third kappa shape index (κ3) is 2.91. The van der Waals surface area contributed by atoms with Crippen molar-refractivity contribution in [2.24, 2.45) is 5.73 Å². The molecule has 1 atom stereocenters. The molecule has 1 aliphatic rings. The molecule has 0 radical (unpaired) electrons. The van der Waals surface area contributed by atoms with Gasteiger partial charge in [-0.2, -0.15) is 0 Å². The molecule has 1 unspecified atom stereocenters. The number of aryl methyl sites for hydroxylation is 1. The lowest BCUT2D eigenvalue weighted by Gasteiger charge is -2.20. The van der Waals surface area contributed by atoms with Crippen LogP contribution in [0.3, 0.4) is 0 Å². The van der Waals surface area contributed by atoms with Crippen LogP contribution < -0.4 is 15.2 Å². The van der Waals surface area contributed by atoms with Gasteiger partial charge in [-0.1, -0.05) is 17.8 Å². The zero-order chi connectivity index (χ0) is 13.9. The predicted octanol–water partition coefficient (Wildman–Crippen LogP) is 2.55. The smallest absolute Gasteiger partial charge is 0.255 e. The van der Waals surface area contributed by atoms with E-state index in [2.05, 4.69) is 4.98 Å². The molecule has 0 amide bonds. The van der Waals surface area contributed by atoms with E-state index in [9.17, 15) is 0 Å². The molecule has 106 valence electrons. The first kappa shape index (κ1) is 13.3. The third-order valence-electron chi connectivity index (χ3n) is 2.98. The summed E-state index contributed by atoms with van der Waals surface area (Å²) >= 11 is 1.51. The van der Waals surface area contributed by atoms with Gasteiger partial charge in [0.25, 0.3) is 5.22 Å².